The first-order chi connectivity index (χ1) is 4.22. The maximum Gasteiger partial charge on any atom is 0.327 e. The van der Waals surface area contributed by atoms with Gasteiger partial charge in [-0.2, -0.15) is 0 Å². The molecule has 0 aromatic rings. The van der Waals surface area contributed by atoms with Gasteiger partial charge in [0.2, 0.25) is 0 Å². The van der Waals surface area contributed by atoms with E-state index in [9.17, 15) is 4.79 Å². The highest BCUT2D eigenvalue weighted by molar-refractivity contribution is 7.97. The van der Waals surface area contributed by atoms with Crippen LogP contribution >= 0.6 is 11.9 Å². The molecule has 0 spiro atoms. The summed E-state index contributed by atoms with van der Waals surface area (Å²) < 4.78 is 2.60. The first-order valence-corrected chi connectivity index (χ1v) is 3.99. The third-order valence-electron chi connectivity index (χ3n) is 1.01. The average molecular weight is 148 g/mol. The molecule has 2 amide bonds. The van der Waals surface area contributed by atoms with Crippen LogP contribution in [0.1, 0.15) is 6.92 Å². The van der Waals surface area contributed by atoms with Gasteiger partial charge in [-0.05, 0) is 6.92 Å². The van der Waals surface area contributed by atoms with Gasteiger partial charge in [0, 0.05) is 19.8 Å². The van der Waals surface area contributed by atoms with Crippen molar-refractivity contribution in [3.8, 4) is 0 Å². The first-order valence-electron chi connectivity index (χ1n) is 2.76. The molecule has 4 heteroatoms. The molecule has 0 aromatic carbocycles. The molecule has 9 heavy (non-hydrogen) atoms. The van der Waals surface area contributed by atoms with E-state index in [-0.39, 0.29) is 6.03 Å². The van der Waals surface area contributed by atoms with Crippen LogP contribution in [0.4, 0.5) is 4.79 Å². The van der Waals surface area contributed by atoms with Crippen LogP contribution in [0, 0.1) is 0 Å². The fourth-order valence-electron chi connectivity index (χ4n) is 0.309. The second-order valence-electron chi connectivity index (χ2n) is 1.63. The summed E-state index contributed by atoms with van der Waals surface area (Å²) in [5.74, 6) is 0. The summed E-state index contributed by atoms with van der Waals surface area (Å²) in [6.07, 6.45) is 1.82. The van der Waals surface area contributed by atoms with Gasteiger partial charge in [-0.3, -0.25) is 4.72 Å². The molecule has 0 aliphatic rings. The number of nitrogens with zero attached hydrogens (tertiary/aromatic N) is 1. The molecular formula is C5H12N2OS. The van der Waals surface area contributed by atoms with Gasteiger partial charge < -0.3 is 4.90 Å². The van der Waals surface area contributed by atoms with Gasteiger partial charge in [-0.15, -0.1) is 0 Å². The molecule has 0 saturated carbocycles. The average Bonchev–Trinajstić information content (AvgIpc) is 1.87. The van der Waals surface area contributed by atoms with Crippen molar-refractivity contribution in [3.05, 3.63) is 0 Å². The molecule has 1 N–H and O–H groups in total. The summed E-state index contributed by atoms with van der Waals surface area (Å²) in [4.78, 5) is 12.4. The standard InChI is InChI=1S/C5H12N2OS/c1-4-7(2)5(8)6-9-3/h4H2,1-3H3,(H,6,8). The molecule has 0 heterocycles. The van der Waals surface area contributed by atoms with Gasteiger partial charge in [0.15, 0.2) is 0 Å². The molecule has 0 radical (unpaired) electrons. The molecule has 0 bridgehead atoms. The lowest BCUT2D eigenvalue weighted by Gasteiger charge is -2.13. The summed E-state index contributed by atoms with van der Waals surface area (Å²) in [6.45, 7) is 2.67. The quantitative estimate of drug-likeness (QED) is 0.591. The Balaban J connectivity index is 3.46. The summed E-state index contributed by atoms with van der Waals surface area (Å²) in [5, 5.41) is 0. The molecule has 54 valence electrons. The lowest BCUT2D eigenvalue weighted by molar-refractivity contribution is 0.218. The van der Waals surface area contributed by atoms with Crippen molar-refractivity contribution >= 4 is 18.0 Å². The zero-order chi connectivity index (χ0) is 7.28. The van der Waals surface area contributed by atoms with Crippen LogP contribution in [-0.2, 0) is 0 Å². The topological polar surface area (TPSA) is 32.3 Å². The van der Waals surface area contributed by atoms with E-state index in [4.69, 9.17) is 0 Å². The number of rotatable bonds is 2. The summed E-state index contributed by atoms with van der Waals surface area (Å²) in [6, 6.07) is -0.0370. The fourth-order valence-corrected chi connectivity index (χ4v) is 0.639. The maximum atomic E-state index is 10.8. The van der Waals surface area contributed by atoms with Gasteiger partial charge in [0.1, 0.15) is 0 Å². The third-order valence-corrected chi connectivity index (χ3v) is 1.39. The van der Waals surface area contributed by atoms with Crippen LogP contribution in [0.5, 0.6) is 0 Å². The number of hydrogen-bond donors (Lipinski definition) is 1. The van der Waals surface area contributed by atoms with E-state index in [2.05, 4.69) is 4.72 Å². The number of carbonyl (C=O) groups excluding carboxylic acids is 1. The van der Waals surface area contributed by atoms with Crippen molar-refractivity contribution in [2.24, 2.45) is 0 Å². The van der Waals surface area contributed by atoms with Crippen molar-refractivity contribution < 1.29 is 4.79 Å². The van der Waals surface area contributed by atoms with E-state index < -0.39 is 0 Å². The van der Waals surface area contributed by atoms with Crippen LogP contribution in [0.15, 0.2) is 0 Å². The van der Waals surface area contributed by atoms with E-state index in [1.165, 1.54) is 11.9 Å². The Kier molecular flexibility index (Phi) is 4.30. The normalized spacial score (nSPS) is 8.78. The highest BCUT2D eigenvalue weighted by atomic mass is 32.2. The fraction of sp³-hybridized carbons (Fsp3) is 0.800. The highest BCUT2D eigenvalue weighted by Crippen LogP contribution is 1.87. The minimum absolute atomic E-state index is 0.0370. The van der Waals surface area contributed by atoms with Crippen LogP contribution in [-0.4, -0.2) is 30.8 Å². The summed E-state index contributed by atoms with van der Waals surface area (Å²) in [7, 11) is 1.76. The van der Waals surface area contributed by atoms with Gasteiger partial charge in [-0.1, -0.05) is 11.9 Å². The van der Waals surface area contributed by atoms with Crippen LogP contribution in [0.3, 0.4) is 0 Å². The third kappa shape index (κ3) is 3.24. The second kappa shape index (κ2) is 4.49. The van der Waals surface area contributed by atoms with Gasteiger partial charge >= 0.3 is 6.03 Å². The Hall–Kier alpha value is -0.380. The number of urea groups is 1. The van der Waals surface area contributed by atoms with Crippen LogP contribution in [0.2, 0.25) is 0 Å². The van der Waals surface area contributed by atoms with Crippen molar-refractivity contribution in [2.75, 3.05) is 19.8 Å². The van der Waals surface area contributed by atoms with Crippen LogP contribution < -0.4 is 4.72 Å². The molecule has 0 saturated heterocycles. The molecule has 0 fully saturated rings. The number of amides is 2. The SMILES string of the molecule is CCN(C)C(=O)NSC. The molecule has 0 atom stereocenters. The lowest BCUT2D eigenvalue weighted by atomic mass is 10.6. The zero-order valence-electron chi connectivity index (χ0n) is 5.97. The molecule has 0 aliphatic heterocycles. The predicted octanol–water partition coefficient (Wildman–Crippen LogP) is 0.926. The van der Waals surface area contributed by atoms with E-state index in [0.29, 0.717) is 0 Å². The van der Waals surface area contributed by atoms with Gasteiger partial charge in [0.25, 0.3) is 0 Å². The van der Waals surface area contributed by atoms with Crippen molar-refractivity contribution in [2.45, 2.75) is 6.92 Å². The largest absolute Gasteiger partial charge is 0.327 e. The van der Waals surface area contributed by atoms with Crippen molar-refractivity contribution in [3.63, 3.8) is 0 Å². The minimum Gasteiger partial charge on any atom is -0.327 e. The molecule has 0 rings (SSSR count). The molecule has 3 nitrogen and oxygen atoms in total. The Labute approximate surface area is 59.9 Å². The smallest absolute Gasteiger partial charge is 0.327 e. The molecule has 0 unspecified atom stereocenters. The predicted molar refractivity (Wildman–Crippen MR) is 40.4 cm³/mol. The monoisotopic (exact) mass is 148 g/mol. The molecule has 0 aliphatic carbocycles. The van der Waals surface area contributed by atoms with Gasteiger partial charge in [0.05, 0.1) is 0 Å². The lowest BCUT2D eigenvalue weighted by Crippen LogP contribution is -2.33. The summed E-state index contributed by atoms with van der Waals surface area (Å²) >= 11 is 1.31. The van der Waals surface area contributed by atoms with E-state index >= 15 is 0 Å². The Morgan fingerprint density at radius 1 is 1.78 bits per heavy atom. The molecular weight excluding hydrogens is 136 g/mol. The second-order valence-corrected chi connectivity index (χ2v) is 2.24. The Bertz CT molecular complexity index is 97.0. The zero-order valence-corrected chi connectivity index (χ0v) is 6.79. The number of nitrogens with one attached hydrogen (secondary N) is 1. The number of hydrogen-bond acceptors (Lipinski definition) is 2. The maximum absolute atomic E-state index is 10.8. The Morgan fingerprint density at radius 3 is 2.67 bits per heavy atom. The number of carbonyl (C=O) groups is 1. The van der Waals surface area contributed by atoms with Crippen molar-refractivity contribution in [1.82, 2.24) is 9.62 Å². The van der Waals surface area contributed by atoms with E-state index in [1.54, 1.807) is 11.9 Å². The summed E-state index contributed by atoms with van der Waals surface area (Å²) in [5.41, 5.74) is 0. The Morgan fingerprint density at radius 2 is 2.33 bits per heavy atom. The van der Waals surface area contributed by atoms with Gasteiger partial charge in [-0.25, -0.2) is 4.79 Å². The molecule has 0 aromatic heterocycles. The first kappa shape index (κ1) is 8.62. The van der Waals surface area contributed by atoms with Crippen LogP contribution in [0.25, 0.3) is 0 Å². The van der Waals surface area contributed by atoms with E-state index in [1.807, 2.05) is 13.2 Å². The van der Waals surface area contributed by atoms with E-state index in [0.717, 1.165) is 6.54 Å². The minimum atomic E-state index is -0.0370. The highest BCUT2D eigenvalue weighted by Gasteiger charge is 2.01. The van der Waals surface area contributed by atoms with Crippen molar-refractivity contribution in [1.29, 1.82) is 0 Å².